The zero-order chi connectivity index (χ0) is 23.7. The number of halogens is 1. The van der Waals surface area contributed by atoms with Crippen LogP contribution in [0.15, 0.2) is 64.7 Å². The minimum Gasteiger partial charge on any atom is -0.497 e. The van der Waals surface area contributed by atoms with Crippen molar-refractivity contribution in [2.24, 2.45) is 0 Å². The molecule has 1 atom stereocenters. The highest BCUT2D eigenvalue weighted by Crippen LogP contribution is 2.33. The van der Waals surface area contributed by atoms with Crippen molar-refractivity contribution in [1.82, 2.24) is 24.6 Å². The van der Waals surface area contributed by atoms with E-state index in [1.807, 2.05) is 24.3 Å². The van der Waals surface area contributed by atoms with Crippen molar-refractivity contribution in [2.45, 2.75) is 24.0 Å². The molecule has 10 heteroatoms. The van der Waals surface area contributed by atoms with Crippen molar-refractivity contribution in [3.05, 3.63) is 76.5 Å². The maximum atomic E-state index is 13.3. The molecule has 1 aliphatic heterocycles. The number of methoxy groups -OCH3 is 1. The van der Waals surface area contributed by atoms with Gasteiger partial charge in [-0.3, -0.25) is 14.2 Å². The summed E-state index contributed by atoms with van der Waals surface area (Å²) < 4.78 is 21.6. The van der Waals surface area contributed by atoms with Crippen LogP contribution in [0.2, 0.25) is 0 Å². The number of aromatic nitrogens is 4. The van der Waals surface area contributed by atoms with Crippen LogP contribution in [0.25, 0.3) is 16.7 Å². The summed E-state index contributed by atoms with van der Waals surface area (Å²) in [6.45, 7) is 0.495. The van der Waals surface area contributed by atoms with E-state index in [0.717, 1.165) is 11.3 Å². The summed E-state index contributed by atoms with van der Waals surface area (Å²) >= 11 is 1.44. The van der Waals surface area contributed by atoms with Gasteiger partial charge >= 0.3 is 0 Å². The Bertz CT molecular complexity index is 1420. The second kappa shape index (κ2) is 9.30. The maximum absolute atomic E-state index is 13.3. The number of fused-ring (bicyclic) bond motifs is 2. The van der Waals surface area contributed by atoms with Gasteiger partial charge in [0.05, 0.1) is 25.0 Å². The van der Waals surface area contributed by atoms with Crippen molar-refractivity contribution in [3.8, 4) is 11.4 Å². The van der Waals surface area contributed by atoms with Crippen molar-refractivity contribution in [1.29, 1.82) is 0 Å². The Morgan fingerprint density at radius 1 is 1.26 bits per heavy atom. The third kappa shape index (κ3) is 4.28. The summed E-state index contributed by atoms with van der Waals surface area (Å²) in [6, 6.07) is 13.3. The molecule has 1 amide bonds. The number of rotatable bonds is 7. The molecule has 1 aliphatic rings. The van der Waals surface area contributed by atoms with Crippen LogP contribution in [0.4, 0.5) is 4.39 Å². The van der Waals surface area contributed by atoms with Gasteiger partial charge in [0.25, 0.3) is 5.56 Å². The summed E-state index contributed by atoms with van der Waals surface area (Å²) in [5.41, 5.74) is 1.87. The Hall–Kier alpha value is -3.66. The van der Waals surface area contributed by atoms with Crippen LogP contribution in [0.5, 0.6) is 5.75 Å². The summed E-state index contributed by atoms with van der Waals surface area (Å²) in [5.74, 6) is 0.899. The highest BCUT2D eigenvalue weighted by atomic mass is 32.2. The lowest BCUT2D eigenvalue weighted by Gasteiger charge is -2.13. The van der Waals surface area contributed by atoms with E-state index in [-0.39, 0.29) is 29.7 Å². The minimum absolute atomic E-state index is 0.115. The fraction of sp³-hybridized carbons (Fsp3) is 0.250. The number of carbonyl (C=O) groups excluding carboxylic acids is 1. The van der Waals surface area contributed by atoms with Crippen LogP contribution in [0, 0.1) is 5.82 Å². The van der Waals surface area contributed by atoms with Gasteiger partial charge in [-0.05, 0) is 48.4 Å². The quantitative estimate of drug-likeness (QED) is 0.410. The molecule has 3 heterocycles. The zero-order valence-electron chi connectivity index (χ0n) is 18.4. The summed E-state index contributed by atoms with van der Waals surface area (Å²) in [4.78, 5) is 30.4. The fourth-order valence-electron chi connectivity index (χ4n) is 4.01. The Labute approximate surface area is 198 Å². The van der Waals surface area contributed by atoms with E-state index in [1.165, 1.54) is 34.8 Å². The molecule has 0 fully saturated rings. The van der Waals surface area contributed by atoms with E-state index in [4.69, 9.17) is 4.74 Å². The third-order valence-corrected chi connectivity index (χ3v) is 6.83. The molecule has 1 unspecified atom stereocenters. The standard InChI is InChI=1S/C24H22FN5O3S/c1-33-19-4-2-3-15(11-19)9-10-26-21(31)12-18-14-34-24-28-22-20(23(32)29(18)24)13-27-30(22)17-7-5-16(25)6-8-17/h2-8,11,13,18H,9-10,12,14H2,1H3,(H,26,31). The Morgan fingerprint density at radius 2 is 2.09 bits per heavy atom. The van der Waals surface area contributed by atoms with Gasteiger partial charge in [-0.2, -0.15) is 5.10 Å². The number of hydrogen-bond acceptors (Lipinski definition) is 6. The zero-order valence-corrected chi connectivity index (χ0v) is 19.2. The highest BCUT2D eigenvalue weighted by molar-refractivity contribution is 7.99. The van der Waals surface area contributed by atoms with E-state index < -0.39 is 0 Å². The van der Waals surface area contributed by atoms with Crippen LogP contribution in [0.3, 0.4) is 0 Å². The van der Waals surface area contributed by atoms with E-state index in [1.54, 1.807) is 23.8 Å². The first kappa shape index (κ1) is 22.1. The molecule has 0 spiro atoms. The molecule has 1 N–H and O–H groups in total. The second-order valence-electron chi connectivity index (χ2n) is 7.96. The van der Waals surface area contributed by atoms with Gasteiger partial charge in [0, 0.05) is 18.7 Å². The van der Waals surface area contributed by atoms with Crippen LogP contribution < -0.4 is 15.6 Å². The molecule has 2 aromatic carbocycles. The molecule has 0 bridgehead atoms. The molecule has 0 aliphatic carbocycles. The predicted molar refractivity (Wildman–Crippen MR) is 127 cm³/mol. The lowest BCUT2D eigenvalue weighted by molar-refractivity contribution is -0.121. The topological polar surface area (TPSA) is 91.0 Å². The van der Waals surface area contributed by atoms with E-state index in [2.05, 4.69) is 15.4 Å². The molecule has 8 nitrogen and oxygen atoms in total. The van der Waals surface area contributed by atoms with E-state index >= 15 is 0 Å². The molecular weight excluding hydrogens is 457 g/mol. The van der Waals surface area contributed by atoms with Crippen LogP contribution >= 0.6 is 11.8 Å². The Balaban J connectivity index is 1.30. The SMILES string of the molecule is COc1cccc(CCNC(=O)CC2CSc3nc4c(cnn4-c4ccc(F)cc4)c(=O)n32)c1. The molecule has 4 aromatic rings. The fourth-order valence-corrected chi connectivity index (χ4v) is 5.14. The summed E-state index contributed by atoms with van der Waals surface area (Å²) in [7, 11) is 1.62. The normalized spacial score (nSPS) is 14.8. The van der Waals surface area contributed by atoms with Crippen LogP contribution in [-0.2, 0) is 11.2 Å². The number of nitrogens with one attached hydrogen (secondary N) is 1. The molecule has 2 aromatic heterocycles. The maximum Gasteiger partial charge on any atom is 0.265 e. The lowest BCUT2D eigenvalue weighted by Crippen LogP contribution is -2.31. The monoisotopic (exact) mass is 479 g/mol. The van der Waals surface area contributed by atoms with Gasteiger partial charge in [0.2, 0.25) is 5.91 Å². The number of thioether (sulfide) groups is 1. The first-order chi connectivity index (χ1) is 16.5. The highest BCUT2D eigenvalue weighted by Gasteiger charge is 2.29. The van der Waals surface area contributed by atoms with E-state index in [0.29, 0.717) is 40.6 Å². The number of carbonyl (C=O) groups is 1. The lowest BCUT2D eigenvalue weighted by atomic mass is 10.1. The average Bonchev–Trinajstić information content (AvgIpc) is 3.45. The molecule has 5 rings (SSSR count). The van der Waals surface area contributed by atoms with E-state index in [9.17, 15) is 14.0 Å². The molecule has 174 valence electrons. The number of nitrogens with zero attached hydrogens (tertiary/aromatic N) is 4. The number of hydrogen-bond donors (Lipinski definition) is 1. The Kier molecular flexibility index (Phi) is 6.06. The molecular formula is C24H22FN5O3S. The third-order valence-electron chi connectivity index (χ3n) is 5.73. The van der Waals surface area contributed by atoms with Gasteiger partial charge in [0.15, 0.2) is 10.8 Å². The summed E-state index contributed by atoms with van der Waals surface area (Å²) in [6.07, 6.45) is 2.34. The first-order valence-corrected chi connectivity index (χ1v) is 11.8. The molecule has 0 radical (unpaired) electrons. The van der Waals surface area contributed by atoms with Gasteiger partial charge < -0.3 is 10.1 Å². The molecule has 0 saturated carbocycles. The van der Waals surface area contributed by atoms with Crippen LogP contribution in [0.1, 0.15) is 18.0 Å². The first-order valence-electron chi connectivity index (χ1n) is 10.8. The minimum atomic E-state index is -0.352. The van der Waals surface area contributed by atoms with Crippen molar-refractivity contribution >= 4 is 28.7 Å². The van der Waals surface area contributed by atoms with Crippen molar-refractivity contribution in [3.63, 3.8) is 0 Å². The van der Waals surface area contributed by atoms with Crippen molar-refractivity contribution < 1.29 is 13.9 Å². The summed E-state index contributed by atoms with van der Waals surface area (Å²) in [5, 5.41) is 8.14. The van der Waals surface area contributed by atoms with Gasteiger partial charge in [-0.15, -0.1) is 0 Å². The second-order valence-corrected chi connectivity index (χ2v) is 8.95. The van der Waals surface area contributed by atoms with Gasteiger partial charge in [0.1, 0.15) is 17.0 Å². The Morgan fingerprint density at radius 3 is 2.88 bits per heavy atom. The smallest absolute Gasteiger partial charge is 0.265 e. The van der Waals surface area contributed by atoms with Crippen LogP contribution in [-0.4, -0.2) is 44.6 Å². The van der Waals surface area contributed by atoms with Gasteiger partial charge in [-0.25, -0.2) is 14.1 Å². The molecule has 34 heavy (non-hydrogen) atoms. The predicted octanol–water partition coefficient (Wildman–Crippen LogP) is 3.13. The van der Waals surface area contributed by atoms with Crippen molar-refractivity contribution in [2.75, 3.05) is 19.4 Å². The largest absolute Gasteiger partial charge is 0.497 e. The van der Waals surface area contributed by atoms with Gasteiger partial charge in [-0.1, -0.05) is 23.9 Å². The number of ether oxygens (including phenoxy) is 1. The molecule has 0 saturated heterocycles. The number of benzene rings is 2. The number of amides is 1. The average molecular weight is 480 g/mol.